The molecule has 0 amide bonds. The maximum Gasteiger partial charge on any atom is 0.190 e. The molecule has 0 saturated carbocycles. The van der Waals surface area contributed by atoms with E-state index in [1.807, 2.05) is 24.3 Å². The topological polar surface area (TPSA) is 64.1 Å². The van der Waals surface area contributed by atoms with Crippen LogP contribution < -0.4 is 20.1 Å². The fourth-order valence-electron chi connectivity index (χ4n) is 3.62. The van der Waals surface area contributed by atoms with Gasteiger partial charge in [-0.1, -0.05) is 26.8 Å². The second-order valence-corrected chi connectivity index (χ2v) is 8.32. The van der Waals surface area contributed by atoms with Crippen LogP contribution in [0.15, 0.2) is 29.3 Å². The van der Waals surface area contributed by atoms with Crippen LogP contribution in [0.25, 0.3) is 0 Å². The van der Waals surface area contributed by atoms with E-state index < -0.39 is 0 Å². The Morgan fingerprint density at radius 2 is 2.00 bits per heavy atom. The van der Waals surface area contributed by atoms with Crippen molar-refractivity contribution < 1.29 is 14.2 Å². The molecule has 1 heterocycles. The van der Waals surface area contributed by atoms with Gasteiger partial charge in [0.25, 0.3) is 0 Å². The lowest BCUT2D eigenvalue weighted by atomic mass is 9.78. The van der Waals surface area contributed by atoms with Crippen LogP contribution >= 0.6 is 24.0 Å². The Morgan fingerprint density at radius 1 is 1.24 bits per heavy atom. The van der Waals surface area contributed by atoms with Crippen LogP contribution in [0.2, 0.25) is 0 Å². The number of methoxy groups -OCH3 is 1. The molecule has 0 radical (unpaired) electrons. The Balaban J connectivity index is 0.00000420. The monoisotopic (exact) mass is 519 g/mol. The smallest absolute Gasteiger partial charge is 0.190 e. The lowest BCUT2D eigenvalue weighted by Gasteiger charge is -2.40. The van der Waals surface area contributed by atoms with Crippen molar-refractivity contribution in [2.45, 2.75) is 46.1 Å². The summed E-state index contributed by atoms with van der Waals surface area (Å²) in [4.78, 5) is 4.33. The molecule has 7 heteroatoms. The number of guanidine groups is 1. The Bertz CT molecular complexity index is 620. The van der Waals surface area contributed by atoms with Crippen LogP contribution in [-0.4, -0.2) is 52.5 Å². The number of benzene rings is 1. The van der Waals surface area contributed by atoms with Gasteiger partial charge in [0, 0.05) is 38.7 Å². The first-order valence-corrected chi connectivity index (χ1v) is 10.3. The molecule has 1 fully saturated rings. The van der Waals surface area contributed by atoms with E-state index in [1.165, 1.54) is 6.42 Å². The third-order valence-electron chi connectivity index (χ3n) is 4.98. The van der Waals surface area contributed by atoms with Crippen LogP contribution in [0, 0.1) is 11.3 Å². The van der Waals surface area contributed by atoms with E-state index >= 15 is 0 Å². The SMILES string of the molecule is CN=C(NCCCOc1cccc(OC)c1)NCC1CCCOC1C(C)(C)C.I. The summed E-state index contributed by atoms with van der Waals surface area (Å²) in [6.45, 7) is 9.95. The number of hydrogen-bond donors (Lipinski definition) is 2. The molecule has 0 aliphatic carbocycles. The Labute approximate surface area is 193 Å². The van der Waals surface area contributed by atoms with E-state index in [-0.39, 0.29) is 35.5 Å². The summed E-state index contributed by atoms with van der Waals surface area (Å²) in [6, 6.07) is 7.67. The zero-order valence-electron chi connectivity index (χ0n) is 18.5. The van der Waals surface area contributed by atoms with Crippen LogP contribution in [0.3, 0.4) is 0 Å². The van der Waals surface area contributed by atoms with E-state index in [0.29, 0.717) is 12.5 Å². The molecule has 6 nitrogen and oxygen atoms in total. The van der Waals surface area contributed by atoms with Crippen molar-refractivity contribution in [3.05, 3.63) is 24.3 Å². The second kappa shape index (κ2) is 13.2. The van der Waals surface area contributed by atoms with Crippen LogP contribution in [0.1, 0.15) is 40.0 Å². The quantitative estimate of drug-likeness (QED) is 0.235. The minimum absolute atomic E-state index is 0. The van der Waals surface area contributed by atoms with Gasteiger partial charge in [0.05, 0.1) is 19.8 Å². The first-order valence-electron chi connectivity index (χ1n) is 10.3. The molecule has 1 saturated heterocycles. The summed E-state index contributed by atoms with van der Waals surface area (Å²) in [5, 5.41) is 6.83. The highest BCUT2D eigenvalue weighted by Gasteiger charge is 2.35. The number of halogens is 1. The zero-order valence-corrected chi connectivity index (χ0v) is 20.8. The first kappa shape index (κ1) is 25.8. The molecular formula is C22H38IN3O3. The van der Waals surface area contributed by atoms with Gasteiger partial charge in [-0.3, -0.25) is 4.99 Å². The van der Waals surface area contributed by atoms with Crippen molar-refractivity contribution in [1.29, 1.82) is 0 Å². The van der Waals surface area contributed by atoms with Gasteiger partial charge in [-0.05, 0) is 36.8 Å². The minimum Gasteiger partial charge on any atom is -0.497 e. The molecular weight excluding hydrogens is 481 g/mol. The van der Waals surface area contributed by atoms with Crippen molar-refractivity contribution in [3.63, 3.8) is 0 Å². The molecule has 2 unspecified atom stereocenters. The first-order chi connectivity index (χ1) is 13.4. The fourth-order valence-corrected chi connectivity index (χ4v) is 3.62. The molecule has 1 aromatic carbocycles. The molecule has 2 N–H and O–H groups in total. The van der Waals surface area contributed by atoms with Gasteiger partial charge >= 0.3 is 0 Å². The summed E-state index contributed by atoms with van der Waals surface area (Å²) in [5.74, 6) is 2.97. The molecule has 2 rings (SSSR count). The summed E-state index contributed by atoms with van der Waals surface area (Å²) in [7, 11) is 3.46. The van der Waals surface area contributed by atoms with Crippen molar-refractivity contribution in [2.24, 2.45) is 16.3 Å². The normalized spacial score (nSPS) is 19.8. The summed E-state index contributed by atoms with van der Waals surface area (Å²) < 4.78 is 17.0. The van der Waals surface area contributed by atoms with E-state index in [0.717, 1.165) is 50.0 Å². The lowest BCUT2D eigenvalue weighted by Crippen LogP contribution is -2.47. The largest absolute Gasteiger partial charge is 0.497 e. The van der Waals surface area contributed by atoms with Crippen molar-refractivity contribution in [1.82, 2.24) is 10.6 Å². The predicted molar refractivity (Wildman–Crippen MR) is 130 cm³/mol. The molecule has 0 bridgehead atoms. The predicted octanol–water partition coefficient (Wildman–Crippen LogP) is 4.09. The highest BCUT2D eigenvalue weighted by atomic mass is 127. The molecule has 1 aliphatic rings. The number of aliphatic imine (C=N–C) groups is 1. The number of ether oxygens (including phenoxy) is 3. The van der Waals surface area contributed by atoms with E-state index in [2.05, 4.69) is 36.4 Å². The zero-order chi connectivity index (χ0) is 20.4. The van der Waals surface area contributed by atoms with Gasteiger partial charge in [-0.2, -0.15) is 0 Å². The third-order valence-corrected chi connectivity index (χ3v) is 4.98. The lowest BCUT2D eigenvalue weighted by molar-refractivity contribution is -0.0835. The number of rotatable bonds is 8. The average Bonchev–Trinajstić information content (AvgIpc) is 2.69. The van der Waals surface area contributed by atoms with Gasteiger partial charge in [0.15, 0.2) is 5.96 Å². The van der Waals surface area contributed by atoms with E-state index in [4.69, 9.17) is 14.2 Å². The van der Waals surface area contributed by atoms with Gasteiger partial charge in [0.1, 0.15) is 11.5 Å². The van der Waals surface area contributed by atoms with Crippen LogP contribution in [-0.2, 0) is 4.74 Å². The molecule has 0 spiro atoms. The summed E-state index contributed by atoms with van der Waals surface area (Å²) in [6.07, 6.45) is 3.49. The molecule has 166 valence electrons. The van der Waals surface area contributed by atoms with Crippen molar-refractivity contribution >= 4 is 29.9 Å². The Kier molecular flexibility index (Phi) is 11.7. The van der Waals surface area contributed by atoms with Gasteiger partial charge in [0.2, 0.25) is 0 Å². The highest BCUT2D eigenvalue weighted by molar-refractivity contribution is 14.0. The van der Waals surface area contributed by atoms with E-state index in [1.54, 1.807) is 14.2 Å². The molecule has 2 atom stereocenters. The fraction of sp³-hybridized carbons (Fsp3) is 0.682. The van der Waals surface area contributed by atoms with Gasteiger partial charge in [-0.15, -0.1) is 24.0 Å². The summed E-state index contributed by atoms with van der Waals surface area (Å²) in [5.41, 5.74) is 0.154. The average molecular weight is 519 g/mol. The second-order valence-electron chi connectivity index (χ2n) is 8.32. The standard InChI is InChI=1S/C22H37N3O3.HI/c1-22(2,3)20-17(9-7-13-28-20)16-25-21(23-4)24-12-8-14-27-19-11-6-10-18(15-19)26-5;/h6,10-11,15,17,20H,7-9,12-14,16H2,1-5H3,(H2,23,24,25);1H. The molecule has 0 aromatic heterocycles. The highest BCUT2D eigenvalue weighted by Crippen LogP contribution is 2.33. The van der Waals surface area contributed by atoms with E-state index in [9.17, 15) is 0 Å². The molecule has 1 aromatic rings. The molecule has 29 heavy (non-hydrogen) atoms. The maximum atomic E-state index is 6.07. The number of nitrogens with one attached hydrogen (secondary N) is 2. The van der Waals surface area contributed by atoms with Crippen LogP contribution in [0.4, 0.5) is 0 Å². The number of nitrogens with zero attached hydrogens (tertiary/aromatic N) is 1. The van der Waals surface area contributed by atoms with Gasteiger partial charge < -0.3 is 24.8 Å². The molecule has 1 aliphatic heterocycles. The van der Waals surface area contributed by atoms with Crippen molar-refractivity contribution in [3.8, 4) is 11.5 Å². The van der Waals surface area contributed by atoms with Crippen molar-refractivity contribution in [2.75, 3.05) is 40.5 Å². The Hall–Kier alpha value is -1.22. The maximum absolute atomic E-state index is 6.07. The minimum atomic E-state index is 0. The summed E-state index contributed by atoms with van der Waals surface area (Å²) >= 11 is 0. The van der Waals surface area contributed by atoms with Gasteiger partial charge in [-0.25, -0.2) is 0 Å². The Morgan fingerprint density at radius 3 is 2.69 bits per heavy atom. The van der Waals surface area contributed by atoms with Crippen LogP contribution in [0.5, 0.6) is 11.5 Å². The third kappa shape index (κ3) is 8.99. The number of hydrogen-bond acceptors (Lipinski definition) is 4.